The van der Waals surface area contributed by atoms with E-state index < -0.39 is 17.5 Å². The lowest BCUT2D eigenvalue weighted by Gasteiger charge is -2.17. The summed E-state index contributed by atoms with van der Waals surface area (Å²) in [6, 6.07) is 7.52. The number of fused-ring (bicyclic) bond motifs is 1. The van der Waals surface area contributed by atoms with Crippen molar-refractivity contribution in [2.45, 2.75) is 19.5 Å². The van der Waals surface area contributed by atoms with Crippen LogP contribution in [0.3, 0.4) is 0 Å². The van der Waals surface area contributed by atoms with E-state index in [-0.39, 0.29) is 24.7 Å². The highest BCUT2D eigenvalue weighted by atomic mass is 19.2. The van der Waals surface area contributed by atoms with Gasteiger partial charge in [-0.25, -0.2) is 13.2 Å². The fraction of sp³-hybridized carbons (Fsp3) is 0.300. The zero-order chi connectivity index (χ0) is 20.1. The number of nitrogens with zero attached hydrogens (tertiary/aromatic N) is 2. The Morgan fingerprint density at radius 1 is 1.21 bits per heavy atom. The molecule has 0 saturated heterocycles. The Labute approximate surface area is 161 Å². The maximum Gasteiger partial charge on any atom is 0.252 e. The third kappa shape index (κ3) is 4.89. The number of carbonyl (C=O) groups is 1. The summed E-state index contributed by atoms with van der Waals surface area (Å²) in [5.74, 6) is -4.16. The van der Waals surface area contributed by atoms with Crippen LogP contribution in [0.2, 0.25) is 0 Å². The summed E-state index contributed by atoms with van der Waals surface area (Å²) in [5, 5.41) is 5.99. The van der Waals surface area contributed by atoms with E-state index in [1.165, 1.54) is 17.5 Å². The molecule has 8 heteroatoms. The molecule has 148 valence electrons. The first-order valence-corrected chi connectivity index (χ1v) is 8.88. The Bertz CT molecular complexity index is 878. The summed E-state index contributed by atoms with van der Waals surface area (Å²) < 4.78 is 39.4. The van der Waals surface area contributed by atoms with Crippen molar-refractivity contribution in [1.82, 2.24) is 15.5 Å². The van der Waals surface area contributed by atoms with Crippen molar-refractivity contribution in [2.24, 2.45) is 4.99 Å². The van der Waals surface area contributed by atoms with Gasteiger partial charge in [0.2, 0.25) is 0 Å². The van der Waals surface area contributed by atoms with Crippen molar-refractivity contribution in [3.8, 4) is 0 Å². The highest BCUT2D eigenvalue weighted by Gasteiger charge is 2.12. The number of halogens is 3. The normalized spacial score (nSPS) is 13.4. The Morgan fingerprint density at radius 3 is 2.71 bits per heavy atom. The van der Waals surface area contributed by atoms with Crippen LogP contribution in [0.5, 0.6) is 0 Å². The predicted molar refractivity (Wildman–Crippen MR) is 100 cm³/mol. The molecule has 1 aliphatic rings. The quantitative estimate of drug-likeness (QED) is 0.453. The molecule has 0 spiro atoms. The van der Waals surface area contributed by atoms with Crippen molar-refractivity contribution >= 4 is 12.2 Å². The van der Waals surface area contributed by atoms with E-state index in [0.717, 1.165) is 31.6 Å². The van der Waals surface area contributed by atoms with Gasteiger partial charge in [-0.1, -0.05) is 6.07 Å². The molecule has 28 heavy (non-hydrogen) atoms. The van der Waals surface area contributed by atoms with Crippen molar-refractivity contribution in [3.05, 3.63) is 70.0 Å². The molecule has 1 amide bonds. The number of hydrogen-bond acceptors (Lipinski definition) is 3. The molecule has 2 aromatic carbocycles. The Morgan fingerprint density at radius 2 is 1.96 bits per heavy atom. The lowest BCUT2D eigenvalue weighted by Crippen LogP contribution is -2.27. The van der Waals surface area contributed by atoms with Gasteiger partial charge in [0.1, 0.15) is 6.67 Å². The first kappa shape index (κ1) is 19.9. The Hall–Kier alpha value is -2.87. The largest absolute Gasteiger partial charge is 0.362 e. The predicted octanol–water partition coefficient (Wildman–Crippen LogP) is 2.60. The van der Waals surface area contributed by atoms with E-state index in [1.807, 2.05) is 12.1 Å². The summed E-state index contributed by atoms with van der Waals surface area (Å²) >= 11 is 0. The van der Waals surface area contributed by atoms with Gasteiger partial charge in [-0.3, -0.25) is 9.79 Å². The van der Waals surface area contributed by atoms with Gasteiger partial charge in [-0.05, 0) is 53.9 Å². The molecule has 0 aromatic heterocycles. The average Bonchev–Trinajstić information content (AvgIpc) is 2.68. The van der Waals surface area contributed by atoms with Crippen LogP contribution in [0, 0.1) is 17.5 Å². The lowest BCUT2D eigenvalue weighted by molar-refractivity contribution is 0.0954. The van der Waals surface area contributed by atoms with Crippen molar-refractivity contribution < 1.29 is 18.0 Å². The molecule has 0 aliphatic carbocycles. The van der Waals surface area contributed by atoms with Crippen molar-refractivity contribution in [2.75, 3.05) is 20.3 Å². The maximum absolute atomic E-state index is 13.2. The minimum absolute atomic E-state index is 0.0634. The standard InChI is InChI=1S/C20H21F3N4O/c1-27(10-13-6-17(21)19(23)18(22)7-13)12-25-11-26-20(28)15-2-3-16-9-24-5-4-14(16)8-15/h2-3,6-8,12,24H,4-5,9-11H2,1H3,(H,26,28). The van der Waals surface area contributed by atoms with E-state index in [4.69, 9.17) is 0 Å². The first-order chi connectivity index (χ1) is 13.4. The molecule has 3 rings (SSSR count). The number of aliphatic imine (C=N–C) groups is 1. The molecule has 2 N–H and O–H groups in total. The highest BCUT2D eigenvalue weighted by Crippen LogP contribution is 2.16. The van der Waals surface area contributed by atoms with Crippen LogP contribution in [0.1, 0.15) is 27.0 Å². The first-order valence-electron chi connectivity index (χ1n) is 8.88. The van der Waals surface area contributed by atoms with E-state index in [9.17, 15) is 18.0 Å². The summed E-state index contributed by atoms with van der Waals surface area (Å²) in [4.78, 5) is 17.9. The Kier molecular flexibility index (Phi) is 6.30. The third-order valence-corrected chi connectivity index (χ3v) is 4.44. The monoisotopic (exact) mass is 390 g/mol. The van der Waals surface area contributed by atoms with E-state index in [0.29, 0.717) is 5.56 Å². The van der Waals surface area contributed by atoms with Gasteiger partial charge in [-0.2, -0.15) is 0 Å². The van der Waals surface area contributed by atoms with Crippen LogP contribution in [0.25, 0.3) is 0 Å². The summed E-state index contributed by atoms with van der Waals surface area (Å²) in [7, 11) is 1.65. The fourth-order valence-electron chi connectivity index (χ4n) is 3.05. The SMILES string of the molecule is CN(C=NCNC(=O)c1ccc2c(c1)CCNC2)Cc1cc(F)c(F)c(F)c1. The minimum atomic E-state index is -1.48. The summed E-state index contributed by atoms with van der Waals surface area (Å²) in [5.41, 5.74) is 3.24. The number of rotatable bonds is 6. The molecule has 0 radical (unpaired) electrons. The molecule has 0 bridgehead atoms. The second kappa shape index (κ2) is 8.88. The molecule has 2 aromatic rings. The third-order valence-electron chi connectivity index (χ3n) is 4.44. The van der Waals surface area contributed by atoms with Crippen LogP contribution in [0.4, 0.5) is 13.2 Å². The van der Waals surface area contributed by atoms with E-state index in [2.05, 4.69) is 15.6 Å². The maximum atomic E-state index is 13.2. The van der Waals surface area contributed by atoms with Gasteiger partial charge in [0.15, 0.2) is 17.5 Å². The van der Waals surface area contributed by atoms with Crippen LogP contribution >= 0.6 is 0 Å². The van der Waals surface area contributed by atoms with E-state index in [1.54, 1.807) is 18.0 Å². The van der Waals surface area contributed by atoms with Crippen molar-refractivity contribution in [1.29, 1.82) is 0 Å². The Balaban J connectivity index is 1.50. The molecule has 1 aliphatic heterocycles. The van der Waals surface area contributed by atoms with Crippen LogP contribution < -0.4 is 10.6 Å². The molecule has 0 atom stereocenters. The zero-order valence-electron chi connectivity index (χ0n) is 15.4. The number of hydrogen-bond donors (Lipinski definition) is 2. The smallest absolute Gasteiger partial charge is 0.252 e. The second-order valence-electron chi connectivity index (χ2n) is 6.66. The van der Waals surface area contributed by atoms with Crippen LogP contribution in [0.15, 0.2) is 35.3 Å². The topological polar surface area (TPSA) is 56.7 Å². The van der Waals surface area contributed by atoms with E-state index >= 15 is 0 Å². The summed E-state index contributed by atoms with van der Waals surface area (Å²) in [6.07, 6.45) is 2.34. The molecule has 1 heterocycles. The van der Waals surface area contributed by atoms with Gasteiger partial charge < -0.3 is 15.5 Å². The van der Waals surface area contributed by atoms with Crippen LogP contribution in [-0.4, -0.2) is 37.4 Å². The van der Waals surface area contributed by atoms with Crippen LogP contribution in [-0.2, 0) is 19.5 Å². The summed E-state index contributed by atoms with van der Waals surface area (Å²) in [6.45, 7) is 1.92. The number of amides is 1. The average molecular weight is 390 g/mol. The second-order valence-corrected chi connectivity index (χ2v) is 6.66. The number of benzene rings is 2. The fourth-order valence-corrected chi connectivity index (χ4v) is 3.05. The van der Waals surface area contributed by atoms with Gasteiger partial charge in [0.25, 0.3) is 5.91 Å². The van der Waals surface area contributed by atoms with Gasteiger partial charge >= 0.3 is 0 Å². The van der Waals surface area contributed by atoms with Crippen molar-refractivity contribution in [3.63, 3.8) is 0 Å². The van der Waals surface area contributed by atoms with Gasteiger partial charge in [0.05, 0.1) is 6.34 Å². The lowest BCUT2D eigenvalue weighted by atomic mass is 9.98. The molecule has 0 unspecified atom stereocenters. The minimum Gasteiger partial charge on any atom is -0.362 e. The zero-order valence-corrected chi connectivity index (χ0v) is 15.4. The molecular weight excluding hydrogens is 369 g/mol. The molecule has 0 fully saturated rings. The number of nitrogens with one attached hydrogen (secondary N) is 2. The molecular formula is C20H21F3N4O. The number of carbonyl (C=O) groups excluding carboxylic acids is 1. The van der Waals surface area contributed by atoms with Gasteiger partial charge in [-0.15, -0.1) is 0 Å². The molecule has 5 nitrogen and oxygen atoms in total. The highest BCUT2D eigenvalue weighted by molar-refractivity contribution is 5.94. The van der Waals surface area contributed by atoms with Gasteiger partial charge in [0, 0.05) is 25.7 Å². The molecule has 0 saturated carbocycles.